The van der Waals surface area contributed by atoms with Gasteiger partial charge in [-0.3, -0.25) is 4.79 Å². The summed E-state index contributed by atoms with van der Waals surface area (Å²) in [6.07, 6.45) is 1.85. The fourth-order valence-corrected chi connectivity index (χ4v) is 2.04. The number of H-pyrrole nitrogens is 1. The van der Waals surface area contributed by atoms with Gasteiger partial charge in [-0.2, -0.15) is 0 Å². The van der Waals surface area contributed by atoms with Gasteiger partial charge in [0, 0.05) is 31.8 Å². The fourth-order valence-electron chi connectivity index (χ4n) is 2.04. The van der Waals surface area contributed by atoms with E-state index in [1.807, 2.05) is 37.4 Å². The van der Waals surface area contributed by atoms with Crippen LogP contribution in [0.25, 0.3) is 10.9 Å². The molecule has 0 fully saturated rings. The summed E-state index contributed by atoms with van der Waals surface area (Å²) < 4.78 is 5.03. The van der Waals surface area contributed by atoms with Crippen LogP contribution in [-0.4, -0.2) is 42.6 Å². The predicted molar refractivity (Wildman–Crippen MR) is 71.8 cm³/mol. The van der Waals surface area contributed by atoms with Crippen LogP contribution in [0.2, 0.25) is 0 Å². The molecule has 1 aromatic carbocycles. The van der Waals surface area contributed by atoms with Crippen LogP contribution >= 0.6 is 0 Å². The first-order valence-corrected chi connectivity index (χ1v) is 6.12. The number of ether oxygens (including phenoxy) is 1. The molecule has 0 saturated carbocycles. The van der Waals surface area contributed by atoms with Crippen LogP contribution in [0.15, 0.2) is 30.5 Å². The molecule has 4 nitrogen and oxygen atoms in total. The zero-order valence-corrected chi connectivity index (χ0v) is 10.8. The van der Waals surface area contributed by atoms with E-state index in [9.17, 15) is 4.79 Å². The summed E-state index contributed by atoms with van der Waals surface area (Å²) in [4.78, 5) is 17.4. The van der Waals surface area contributed by atoms with Crippen molar-refractivity contribution < 1.29 is 9.53 Å². The van der Waals surface area contributed by atoms with Gasteiger partial charge in [-0.15, -0.1) is 0 Å². The van der Waals surface area contributed by atoms with Crippen LogP contribution in [0, 0.1) is 0 Å². The van der Waals surface area contributed by atoms with E-state index >= 15 is 0 Å². The molecule has 0 spiro atoms. The molecule has 1 N–H and O–H groups in total. The lowest BCUT2D eigenvalue weighted by Gasteiger charge is -2.20. The van der Waals surface area contributed by atoms with Crippen LogP contribution in [0.4, 0.5) is 0 Å². The highest BCUT2D eigenvalue weighted by molar-refractivity contribution is 6.05. The average Bonchev–Trinajstić information content (AvgIpc) is 2.87. The smallest absolute Gasteiger partial charge is 0.256 e. The number of carbonyl (C=O) groups is 1. The molecule has 4 heteroatoms. The second-order valence-electron chi connectivity index (χ2n) is 4.13. The second-order valence-corrected chi connectivity index (χ2v) is 4.13. The van der Waals surface area contributed by atoms with Gasteiger partial charge in [0.25, 0.3) is 5.91 Å². The molecule has 2 rings (SSSR count). The van der Waals surface area contributed by atoms with Gasteiger partial charge in [0.15, 0.2) is 0 Å². The molecule has 0 bridgehead atoms. The third-order valence-electron chi connectivity index (χ3n) is 3.05. The van der Waals surface area contributed by atoms with E-state index in [2.05, 4.69) is 4.98 Å². The maximum atomic E-state index is 12.4. The normalized spacial score (nSPS) is 10.8. The zero-order chi connectivity index (χ0) is 13.0. The minimum Gasteiger partial charge on any atom is -0.383 e. The van der Waals surface area contributed by atoms with Crippen LogP contribution in [-0.2, 0) is 4.74 Å². The van der Waals surface area contributed by atoms with E-state index in [0.29, 0.717) is 19.7 Å². The van der Waals surface area contributed by atoms with Crippen molar-refractivity contribution in [3.63, 3.8) is 0 Å². The summed E-state index contributed by atoms with van der Waals surface area (Å²) in [5.41, 5.74) is 1.62. The fraction of sp³-hybridized carbons (Fsp3) is 0.357. The average molecular weight is 246 g/mol. The van der Waals surface area contributed by atoms with Crippen molar-refractivity contribution in [3.8, 4) is 0 Å². The Labute approximate surface area is 107 Å². The Kier molecular flexibility index (Phi) is 3.99. The van der Waals surface area contributed by atoms with Crippen LogP contribution in [0.5, 0.6) is 0 Å². The molecular weight excluding hydrogens is 228 g/mol. The molecule has 1 amide bonds. The highest BCUT2D eigenvalue weighted by Crippen LogP contribution is 2.18. The number of hydrogen-bond donors (Lipinski definition) is 1. The number of rotatable bonds is 5. The van der Waals surface area contributed by atoms with Gasteiger partial charge >= 0.3 is 0 Å². The summed E-state index contributed by atoms with van der Waals surface area (Å²) in [7, 11) is 1.64. The minimum atomic E-state index is 0.0441. The number of benzene rings is 1. The summed E-state index contributed by atoms with van der Waals surface area (Å²) in [5, 5.41) is 1.06. The summed E-state index contributed by atoms with van der Waals surface area (Å²) in [6.45, 7) is 3.82. The van der Waals surface area contributed by atoms with Gasteiger partial charge < -0.3 is 14.6 Å². The number of aromatic amines is 1. The molecule has 0 aliphatic carbocycles. The molecule has 96 valence electrons. The minimum absolute atomic E-state index is 0.0441. The van der Waals surface area contributed by atoms with Crippen molar-refractivity contribution in [2.45, 2.75) is 6.92 Å². The van der Waals surface area contributed by atoms with E-state index in [0.717, 1.165) is 16.5 Å². The van der Waals surface area contributed by atoms with Gasteiger partial charge in [-0.05, 0) is 19.1 Å². The number of nitrogens with one attached hydrogen (secondary N) is 1. The van der Waals surface area contributed by atoms with Crippen LogP contribution < -0.4 is 0 Å². The number of fused-ring (bicyclic) bond motifs is 1. The maximum Gasteiger partial charge on any atom is 0.256 e. The lowest BCUT2D eigenvalue weighted by atomic mass is 10.1. The lowest BCUT2D eigenvalue weighted by molar-refractivity contribution is 0.0708. The molecule has 0 unspecified atom stereocenters. The largest absolute Gasteiger partial charge is 0.383 e. The molecule has 0 aliphatic heterocycles. The Bertz CT molecular complexity index is 533. The Morgan fingerprint density at radius 3 is 2.94 bits per heavy atom. The van der Waals surface area contributed by atoms with Crippen molar-refractivity contribution in [3.05, 3.63) is 36.0 Å². The van der Waals surface area contributed by atoms with Gasteiger partial charge in [0.1, 0.15) is 0 Å². The standard InChI is InChI=1S/C14H18N2O2/c1-3-16(9-10-18-2)14(17)12-6-4-5-11-7-8-15-13(11)12/h4-8,15H,3,9-10H2,1-2H3. The topological polar surface area (TPSA) is 45.3 Å². The predicted octanol–water partition coefficient (Wildman–Crippen LogP) is 2.28. The highest BCUT2D eigenvalue weighted by atomic mass is 16.5. The molecule has 0 aliphatic rings. The van der Waals surface area contributed by atoms with Crippen molar-refractivity contribution in [1.82, 2.24) is 9.88 Å². The number of methoxy groups -OCH3 is 1. The number of aromatic nitrogens is 1. The molecule has 2 aromatic rings. The van der Waals surface area contributed by atoms with E-state index in [1.165, 1.54) is 0 Å². The third-order valence-corrected chi connectivity index (χ3v) is 3.05. The van der Waals surface area contributed by atoms with Crippen LogP contribution in [0.3, 0.4) is 0 Å². The molecular formula is C14H18N2O2. The zero-order valence-electron chi connectivity index (χ0n) is 10.8. The van der Waals surface area contributed by atoms with Crippen molar-refractivity contribution in [2.24, 2.45) is 0 Å². The Morgan fingerprint density at radius 2 is 2.22 bits per heavy atom. The summed E-state index contributed by atoms with van der Waals surface area (Å²) in [6, 6.07) is 7.73. The number of para-hydroxylation sites is 1. The molecule has 1 aromatic heterocycles. The van der Waals surface area contributed by atoms with Gasteiger partial charge in [-0.1, -0.05) is 12.1 Å². The molecule has 0 atom stereocenters. The second kappa shape index (κ2) is 5.69. The first kappa shape index (κ1) is 12.6. The molecule has 0 saturated heterocycles. The van der Waals surface area contributed by atoms with Gasteiger partial charge in [0.05, 0.1) is 17.7 Å². The van der Waals surface area contributed by atoms with Gasteiger partial charge in [-0.25, -0.2) is 0 Å². The third kappa shape index (κ3) is 2.38. The van der Waals surface area contributed by atoms with E-state index < -0.39 is 0 Å². The summed E-state index contributed by atoms with van der Waals surface area (Å²) >= 11 is 0. The number of hydrogen-bond acceptors (Lipinski definition) is 2. The van der Waals surface area contributed by atoms with E-state index in [1.54, 1.807) is 12.0 Å². The Hall–Kier alpha value is -1.81. The summed E-state index contributed by atoms with van der Waals surface area (Å²) in [5.74, 6) is 0.0441. The Balaban J connectivity index is 2.29. The SMILES string of the molecule is CCN(CCOC)C(=O)c1cccc2cc[nH]c12. The monoisotopic (exact) mass is 246 g/mol. The molecule has 1 heterocycles. The van der Waals surface area contributed by atoms with E-state index in [-0.39, 0.29) is 5.91 Å². The first-order valence-electron chi connectivity index (χ1n) is 6.12. The number of carbonyl (C=O) groups excluding carboxylic acids is 1. The Morgan fingerprint density at radius 1 is 1.39 bits per heavy atom. The molecule has 18 heavy (non-hydrogen) atoms. The lowest BCUT2D eigenvalue weighted by Crippen LogP contribution is -2.33. The van der Waals surface area contributed by atoms with Crippen molar-refractivity contribution >= 4 is 16.8 Å². The van der Waals surface area contributed by atoms with Gasteiger partial charge in [0.2, 0.25) is 0 Å². The van der Waals surface area contributed by atoms with Crippen LogP contribution in [0.1, 0.15) is 17.3 Å². The number of amides is 1. The number of nitrogens with zero attached hydrogens (tertiary/aromatic N) is 1. The molecule has 0 radical (unpaired) electrons. The van der Waals surface area contributed by atoms with Crippen molar-refractivity contribution in [2.75, 3.05) is 26.8 Å². The first-order chi connectivity index (χ1) is 8.77. The maximum absolute atomic E-state index is 12.4. The number of likely N-dealkylation sites (N-methyl/N-ethyl adjacent to an activating group) is 1. The van der Waals surface area contributed by atoms with Crippen molar-refractivity contribution in [1.29, 1.82) is 0 Å². The highest BCUT2D eigenvalue weighted by Gasteiger charge is 2.16. The van der Waals surface area contributed by atoms with E-state index in [4.69, 9.17) is 4.74 Å². The quantitative estimate of drug-likeness (QED) is 0.879.